The highest BCUT2D eigenvalue weighted by Gasteiger charge is 2.33. The number of nitrogens with one attached hydrogen (secondary N) is 1. The Morgan fingerprint density at radius 1 is 1.03 bits per heavy atom. The first-order chi connectivity index (χ1) is 18.5. The molecule has 2 saturated heterocycles. The number of likely N-dealkylation sites (tertiary alicyclic amines) is 1. The van der Waals surface area contributed by atoms with E-state index in [1.54, 1.807) is 0 Å². The number of fused-ring (bicyclic) bond motifs is 2. The Bertz CT molecular complexity index is 1150. The van der Waals surface area contributed by atoms with Crippen molar-refractivity contribution in [2.45, 2.75) is 44.4 Å². The van der Waals surface area contributed by atoms with Gasteiger partial charge in [0.15, 0.2) is 11.5 Å². The molecule has 0 radical (unpaired) electrons. The van der Waals surface area contributed by atoms with Gasteiger partial charge in [-0.1, -0.05) is 12.1 Å². The molecule has 2 N–H and O–H groups in total. The Labute approximate surface area is 225 Å². The van der Waals surface area contributed by atoms with E-state index in [1.165, 1.54) is 16.8 Å². The minimum absolute atomic E-state index is 0.0333. The maximum absolute atomic E-state index is 13.5. The van der Waals surface area contributed by atoms with E-state index in [0.29, 0.717) is 37.8 Å². The summed E-state index contributed by atoms with van der Waals surface area (Å²) in [6, 6.07) is 12.0. The number of rotatable bonds is 7. The molecule has 3 atom stereocenters. The molecule has 0 unspecified atom stereocenters. The molecule has 4 aliphatic heterocycles. The van der Waals surface area contributed by atoms with Gasteiger partial charge in [-0.2, -0.15) is 0 Å². The maximum atomic E-state index is 13.5. The largest absolute Gasteiger partial charge is 0.486 e. The number of ether oxygens (including phenoxy) is 2. The SMILES string of the molecule is CN1CCc2ccc(N3CC[C@@H](C(=O)N[C@H](CN4CCCC4)[C@H](O)c4ccc5c(c4)OCCO5)C3)cc2C1. The Hall–Kier alpha value is -2.81. The van der Waals surface area contributed by atoms with E-state index < -0.39 is 12.1 Å². The fourth-order valence-corrected chi connectivity index (χ4v) is 6.33. The van der Waals surface area contributed by atoms with Crippen LogP contribution in [-0.4, -0.2) is 86.4 Å². The molecule has 0 aliphatic carbocycles. The highest BCUT2D eigenvalue weighted by molar-refractivity contribution is 5.80. The van der Waals surface area contributed by atoms with Crippen molar-refractivity contribution in [3.63, 3.8) is 0 Å². The summed E-state index contributed by atoms with van der Waals surface area (Å²) >= 11 is 0. The third-order valence-corrected chi connectivity index (χ3v) is 8.59. The van der Waals surface area contributed by atoms with Crippen molar-refractivity contribution in [3.05, 3.63) is 53.1 Å². The highest BCUT2D eigenvalue weighted by Crippen LogP contribution is 2.34. The van der Waals surface area contributed by atoms with E-state index in [0.717, 1.165) is 64.0 Å². The normalized spacial score (nSPS) is 23.2. The Morgan fingerprint density at radius 3 is 2.68 bits per heavy atom. The first-order valence-electron chi connectivity index (χ1n) is 14.2. The molecule has 0 bridgehead atoms. The molecule has 6 rings (SSSR count). The zero-order valence-corrected chi connectivity index (χ0v) is 22.4. The van der Waals surface area contributed by atoms with Crippen LogP contribution in [0.1, 0.15) is 42.1 Å². The molecule has 8 nitrogen and oxygen atoms in total. The van der Waals surface area contributed by atoms with Gasteiger partial charge in [0.1, 0.15) is 19.3 Å². The number of amides is 1. The van der Waals surface area contributed by atoms with Gasteiger partial charge in [-0.3, -0.25) is 4.79 Å². The zero-order chi connectivity index (χ0) is 26.1. The summed E-state index contributed by atoms with van der Waals surface area (Å²) in [5.41, 5.74) is 4.79. The predicted molar refractivity (Wildman–Crippen MR) is 147 cm³/mol. The molecule has 2 fully saturated rings. The van der Waals surface area contributed by atoms with E-state index in [4.69, 9.17) is 9.47 Å². The number of carbonyl (C=O) groups excluding carboxylic acids is 1. The van der Waals surface area contributed by atoms with Crippen LogP contribution in [0.2, 0.25) is 0 Å². The van der Waals surface area contributed by atoms with Gasteiger partial charge in [0, 0.05) is 38.4 Å². The van der Waals surface area contributed by atoms with Crippen molar-refractivity contribution < 1.29 is 19.4 Å². The third kappa shape index (κ3) is 5.48. The fraction of sp³-hybridized carbons (Fsp3) is 0.567. The molecule has 1 amide bonds. The monoisotopic (exact) mass is 520 g/mol. The van der Waals surface area contributed by atoms with Crippen molar-refractivity contribution in [1.82, 2.24) is 15.1 Å². The highest BCUT2D eigenvalue weighted by atomic mass is 16.6. The molecule has 0 saturated carbocycles. The molecule has 2 aromatic rings. The van der Waals surface area contributed by atoms with Gasteiger partial charge in [-0.05, 0) is 86.8 Å². The number of hydrogen-bond acceptors (Lipinski definition) is 7. The summed E-state index contributed by atoms with van der Waals surface area (Å²) in [6.45, 7) is 7.34. The number of anilines is 1. The Balaban J connectivity index is 1.14. The fourth-order valence-electron chi connectivity index (χ4n) is 6.33. The van der Waals surface area contributed by atoms with Crippen LogP contribution in [0, 0.1) is 5.92 Å². The number of likely N-dealkylation sites (N-methyl/N-ethyl adjacent to an activating group) is 1. The number of aliphatic hydroxyl groups is 1. The van der Waals surface area contributed by atoms with Crippen LogP contribution in [0.5, 0.6) is 11.5 Å². The molecule has 2 aromatic carbocycles. The average Bonchev–Trinajstić information content (AvgIpc) is 3.64. The maximum Gasteiger partial charge on any atom is 0.225 e. The number of carbonyl (C=O) groups is 1. The van der Waals surface area contributed by atoms with Crippen molar-refractivity contribution in [2.24, 2.45) is 5.92 Å². The third-order valence-electron chi connectivity index (χ3n) is 8.59. The summed E-state index contributed by atoms with van der Waals surface area (Å²) in [7, 11) is 2.17. The van der Waals surface area contributed by atoms with Crippen LogP contribution in [0.3, 0.4) is 0 Å². The van der Waals surface area contributed by atoms with E-state index >= 15 is 0 Å². The van der Waals surface area contributed by atoms with Gasteiger partial charge in [0.2, 0.25) is 5.91 Å². The quantitative estimate of drug-likeness (QED) is 0.581. The smallest absolute Gasteiger partial charge is 0.225 e. The standard InChI is InChI=1S/C30H40N4O4/c1-32-12-8-21-4-6-25(16-24(21)18-32)34-13-9-23(19-34)30(36)31-26(20-33-10-2-3-11-33)29(35)22-5-7-27-28(17-22)38-15-14-37-27/h4-7,16-17,23,26,29,35H,2-3,8-15,18-20H2,1H3,(H,31,36)/t23-,26-,29-/m1/s1. The molecular formula is C30H40N4O4. The van der Waals surface area contributed by atoms with Crippen molar-refractivity contribution in [3.8, 4) is 11.5 Å². The van der Waals surface area contributed by atoms with Crippen LogP contribution in [0.15, 0.2) is 36.4 Å². The Morgan fingerprint density at radius 2 is 1.84 bits per heavy atom. The second kappa shape index (κ2) is 11.1. The summed E-state index contributed by atoms with van der Waals surface area (Å²) < 4.78 is 11.4. The lowest BCUT2D eigenvalue weighted by atomic mass is 9.99. The summed E-state index contributed by atoms with van der Waals surface area (Å²) in [5.74, 6) is 1.29. The van der Waals surface area contributed by atoms with Gasteiger partial charge in [0.25, 0.3) is 0 Å². The van der Waals surface area contributed by atoms with Crippen LogP contribution in [0.25, 0.3) is 0 Å². The summed E-state index contributed by atoms with van der Waals surface area (Å²) in [4.78, 5) is 20.6. The minimum atomic E-state index is -0.828. The van der Waals surface area contributed by atoms with Crippen LogP contribution >= 0.6 is 0 Å². The van der Waals surface area contributed by atoms with E-state index in [9.17, 15) is 9.90 Å². The molecule has 204 valence electrons. The molecule has 4 aliphatic rings. The number of aliphatic hydroxyl groups excluding tert-OH is 1. The summed E-state index contributed by atoms with van der Waals surface area (Å²) in [5, 5.41) is 14.7. The van der Waals surface area contributed by atoms with Gasteiger partial charge in [-0.15, -0.1) is 0 Å². The van der Waals surface area contributed by atoms with E-state index in [-0.39, 0.29) is 11.8 Å². The molecule has 38 heavy (non-hydrogen) atoms. The molecular weight excluding hydrogens is 480 g/mol. The Kier molecular flexibility index (Phi) is 7.45. The summed E-state index contributed by atoms with van der Waals surface area (Å²) in [6.07, 6.45) is 3.41. The lowest BCUT2D eigenvalue weighted by Gasteiger charge is -2.30. The molecule has 0 spiro atoms. The minimum Gasteiger partial charge on any atom is -0.486 e. The van der Waals surface area contributed by atoms with Crippen molar-refractivity contribution >= 4 is 11.6 Å². The molecule has 0 aromatic heterocycles. The molecule has 8 heteroatoms. The van der Waals surface area contributed by atoms with E-state index in [1.807, 2.05) is 18.2 Å². The second-order valence-electron chi connectivity index (χ2n) is 11.3. The zero-order valence-electron chi connectivity index (χ0n) is 22.4. The van der Waals surface area contributed by atoms with Gasteiger partial charge >= 0.3 is 0 Å². The number of benzene rings is 2. The predicted octanol–water partition coefficient (Wildman–Crippen LogP) is 2.59. The van der Waals surface area contributed by atoms with Crippen LogP contribution < -0.4 is 19.7 Å². The topological polar surface area (TPSA) is 77.5 Å². The van der Waals surface area contributed by atoms with Crippen molar-refractivity contribution in [1.29, 1.82) is 0 Å². The average molecular weight is 521 g/mol. The lowest BCUT2D eigenvalue weighted by molar-refractivity contribution is -0.126. The van der Waals surface area contributed by atoms with Gasteiger partial charge in [0.05, 0.1) is 12.0 Å². The van der Waals surface area contributed by atoms with Crippen LogP contribution in [-0.2, 0) is 17.8 Å². The van der Waals surface area contributed by atoms with E-state index in [2.05, 4.69) is 45.3 Å². The van der Waals surface area contributed by atoms with Gasteiger partial charge in [-0.25, -0.2) is 0 Å². The second-order valence-corrected chi connectivity index (χ2v) is 11.3. The number of hydrogen-bond donors (Lipinski definition) is 2. The first-order valence-corrected chi connectivity index (χ1v) is 14.2. The molecule has 4 heterocycles. The first kappa shape index (κ1) is 25.5. The van der Waals surface area contributed by atoms with Crippen LogP contribution in [0.4, 0.5) is 5.69 Å². The van der Waals surface area contributed by atoms with Crippen molar-refractivity contribution in [2.75, 3.05) is 64.4 Å². The lowest BCUT2D eigenvalue weighted by Crippen LogP contribution is -2.48. The van der Waals surface area contributed by atoms with Gasteiger partial charge < -0.3 is 34.6 Å². The number of nitrogens with zero attached hydrogens (tertiary/aromatic N) is 3.